The number of aromatic nitrogens is 4. The second-order valence-corrected chi connectivity index (χ2v) is 7.41. The summed E-state index contributed by atoms with van der Waals surface area (Å²) in [5.74, 6) is -1.02. The molecule has 1 unspecified atom stereocenters. The van der Waals surface area contributed by atoms with Crippen molar-refractivity contribution >= 4 is 22.8 Å². The van der Waals surface area contributed by atoms with Crippen LogP contribution in [0.15, 0.2) is 37.1 Å². The van der Waals surface area contributed by atoms with Crippen molar-refractivity contribution < 1.29 is 23.1 Å². The van der Waals surface area contributed by atoms with Gasteiger partial charge in [-0.25, -0.2) is 14.8 Å². The number of nitrogens with zero attached hydrogens (tertiary/aromatic N) is 4. The summed E-state index contributed by atoms with van der Waals surface area (Å²) in [7, 11) is 0. The van der Waals surface area contributed by atoms with Crippen LogP contribution in [-0.4, -0.2) is 50.3 Å². The highest BCUT2D eigenvalue weighted by Crippen LogP contribution is 2.30. The molecule has 3 aromatic rings. The number of piperidine rings is 1. The lowest BCUT2D eigenvalue weighted by Crippen LogP contribution is -2.37. The Morgan fingerprint density at radius 3 is 2.77 bits per heavy atom. The van der Waals surface area contributed by atoms with Crippen molar-refractivity contribution in [1.82, 2.24) is 19.9 Å². The van der Waals surface area contributed by atoms with E-state index in [-0.39, 0.29) is 0 Å². The van der Waals surface area contributed by atoms with E-state index in [0.29, 0.717) is 5.92 Å². The van der Waals surface area contributed by atoms with Crippen molar-refractivity contribution in [2.45, 2.75) is 38.8 Å². The summed E-state index contributed by atoms with van der Waals surface area (Å²) < 4.78 is 31.7. The molecule has 1 saturated heterocycles. The second kappa shape index (κ2) is 9.76. The standard InChI is InChI=1S/C19H23N5.C2HF3O2/c1-2-16-11-21-18-17(16)19(23-13-22-18)24-8-4-6-15(12-24)9-14-5-3-7-20-10-14;3-2(4,5)1(6)7/h3,5,7,10-11,13,15H,2,4,6,8-9,12H2,1H3,(H,21,22,23);(H,6,7). The fourth-order valence-corrected chi connectivity index (χ4v) is 3.80. The van der Waals surface area contributed by atoms with Gasteiger partial charge >= 0.3 is 12.1 Å². The molecule has 1 atom stereocenters. The van der Waals surface area contributed by atoms with Gasteiger partial charge in [-0.2, -0.15) is 13.2 Å². The molecular weight excluding hydrogens is 411 g/mol. The molecule has 3 aromatic heterocycles. The number of alkyl halides is 3. The third kappa shape index (κ3) is 5.71. The molecule has 4 rings (SSSR count). The number of carboxylic acids is 1. The van der Waals surface area contributed by atoms with Gasteiger partial charge in [0.25, 0.3) is 0 Å². The molecule has 1 aliphatic rings. The summed E-state index contributed by atoms with van der Waals surface area (Å²) >= 11 is 0. The van der Waals surface area contributed by atoms with E-state index in [1.807, 2.05) is 18.5 Å². The van der Waals surface area contributed by atoms with Gasteiger partial charge in [-0.15, -0.1) is 0 Å². The Labute approximate surface area is 177 Å². The van der Waals surface area contributed by atoms with E-state index in [1.165, 1.54) is 29.4 Å². The van der Waals surface area contributed by atoms with Crippen LogP contribution in [-0.2, 0) is 17.6 Å². The molecule has 0 aliphatic carbocycles. The first-order valence-corrected chi connectivity index (χ1v) is 10.0. The maximum Gasteiger partial charge on any atom is 0.490 e. The zero-order chi connectivity index (χ0) is 22.4. The van der Waals surface area contributed by atoms with Gasteiger partial charge in [0, 0.05) is 31.7 Å². The number of fused-ring (bicyclic) bond motifs is 1. The number of anilines is 1. The molecule has 0 saturated carbocycles. The Morgan fingerprint density at radius 2 is 2.13 bits per heavy atom. The summed E-state index contributed by atoms with van der Waals surface area (Å²) in [5, 5.41) is 8.32. The molecule has 2 N–H and O–H groups in total. The SMILES string of the molecule is CCc1c[nH]c2ncnc(N3CCCC(Cc4cccnc4)C3)c12.O=C(O)C(F)(F)F. The number of nitrogens with one attached hydrogen (secondary N) is 1. The zero-order valence-electron chi connectivity index (χ0n) is 17.1. The number of hydrogen-bond acceptors (Lipinski definition) is 5. The van der Waals surface area contributed by atoms with Crippen LogP contribution in [0.3, 0.4) is 0 Å². The van der Waals surface area contributed by atoms with Gasteiger partial charge in [0.2, 0.25) is 0 Å². The normalized spacial score (nSPS) is 16.6. The summed E-state index contributed by atoms with van der Waals surface area (Å²) in [5.41, 5.74) is 3.58. The number of aryl methyl sites for hydroxylation is 1. The third-order valence-corrected chi connectivity index (χ3v) is 5.22. The Morgan fingerprint density at radius 1 is 1.35 bits per heavy atom. The van der Waals surface area contributed by atoms with Gasteiger partial charge in [-0.1, -0.05) is 13.0 Å². The minimum absolute atomic E-state index is 0.650. The molecule has 0 spiro atoms. The molecule has 1 aliphatic heterocycles. The van der Waals surface area contributed by atoms with Crippen molar-refractivity contribution in [3.05, 3.63) is 48.2 Å². The van der Waals surface area contributed by atoms with Crippen LogP contribution in [0.5, 0.6) is 0 Å². The summed E-state index contributed by atoms with van der Waals surface area (Å²) in [4.78, 5) is 27.9. The summed E-state index contributed by atoms with van der Waals surface area (Å²) in [6.45, 7) is 4.31. The van der Waals surface area contributed by atoms with E-state index in [2.05, 4.69) is 44.0 Å². The topological polar surface area (TPSA) is 95.0 Å². The van der Waals surface area contributed by atoms with Crippen LogP contribution in [0.2, 0.25) is 0 Å². The first-order valence-electron chi connectivity index (χ1n) is 10.0. The predicted octanol–water partition coefficient (Wildman–Crippen LogP) is 4.01. The summed E-state index contributed by atoms with van der Waals surface area (Å²) in [6.07, 6.45) is 7.06. The third-order valence-electron chi connectivity index (χ3n) is 5.22. The number of aromatic amines is 1. The molecule has 31 heavy (non-hydrogen) atoms. The van der Waals surface area contributed by atoms with E-state index in [9.17, 15) is 13.2 Å². The molecular formula is C21H24F3N5O2. The molecule has 1 fully saturated rings. The van der Waals surface area contributed by atoms with Crippen LogP contribution >= 0.6 is 0 Å². The molecule has 0 aromatic carbocycles. The lowest BCUT2D eigenvalue weighted by molar-refractivity contribution is -0.192. The van der Waals surface area contributed by atoms with E-state index in [1.54, 1.807) is 6.33 Å². The van der Waals surface area contributed by atoms with Crippen molar-refractivity contribution in [1.29, 1.82) is 0 Å². The highest BCUT2D eigenvalue weighted by atomic mass is 19.4. The van der Waals surface area contributed by atoms with Crippen molar-refractivity contribution in [2.75, 3.05) is 18.0 Å². The average Bonchev–Trinajstić information content (AvgIpc) is 3.18. The van der Waals surface area contributed by atoms with Crippen molar-refractivity contribution in [3.63, 3.8) is 0 Å². The molecule has 166 valence electrons. The van der Waals surface area contributed by atoms with E-state index >= 15 is 0 Å². The predicted molar refractivity (Wildman–Crippen MR) is 110 cm³/mol. The second-order valence-electron chi connectivity index (χ2n) is 7.41. The number of pyridine rings is 1. The number of aliphatic carboxylic acids is 1. The molecule has 0 amide bonds. The fourth-order valence-electron chi connectivity index (χ4n) is 3.80. The molecule has 0 radical (unpaired) electrons. The van der Waals surface area contributed by atoms with Gasteiger partial charge in [-0.05, 0) is 48.8 Å². The quantitative estimate of drug-likeness (QED) is 0.643. The molecule has 0 bridgehead atoms. The molecule has 10 heteroatoms. The minimum atomic E-state index is -5.08. The maximum atomic E-state index is 10.6. The Hall–Kier alpha value is -3.17. The first-order chi connectivity index (χ1) is 14.8. The van der Waals surface area contributed by atoms with E-state index < -0.39 is 12.1 Å². The van der Waals surface area contributed by atoms with Crippen LogP contribution < -0.4 is 4.90 Å². The van der Waals surface area contributed by atoms with Crippen molar-refractivity contribution in [3.8, 4) is 0 Å². The Balaban J connectivity index is 0.000000339. The van der Waals surface area contributed by atoms with Gasteiger partial charge in [0.1, 0.15) is 17.8 Å². The lowest BCUT2D eigenvalue weighted by atomic mass is 9.91. The van der Waals surface area contributed by atoms with E-state index in [4.69, 9.17) is 9.90 Å². The smallest absolute Gasteiger partial charge is 0.475 e. The fraction of sp³-hybridized carbons (Fsp3) is 0.429. The zero-order valence-corrected chi connectivity index (χ0v) is 17.1. The van der Waals surface area contributed by atoms with Crippen LogP contribution in [0.4, 0.5) is 19.0 Å². The van der Waals surface area contributed by atoms with Gasteiger partial charge in [-0.3, -0.25) is 4.98 Å². The van der Waals surface area contributed by atoms with Crippen LogP contribution in [0.25, 0.3) is 11.0 Å². The summed E-state index contributed by atoms with van der Waals surface area (Å²) in [6, 6.07) is 4.20. The number of hydrogen-bond donors (Lipinski definition) is 2. The molecule has 4 heterocycles. The molecule has 7 nitrogen and oxygen atoms in total. The Bertz CT molecular complexity index is 1010. The highest BCUT2D eigenvalue weighted by Gasteiger charge is 2.38. The lowest BCUT2D eigenvalue weighted by Gasteiger charge is -2.34. The van der Waals surface area contributed by atoms with Gasteiger partial charge in [0.05, 0.1) is 5.39 Å². The Kier molecular flexibility index (Phi) is 7.09. The van der Waals surface area contributed by atoms with E-state index in [0.717, 1.165) is 37.4 Å². The number of halogens is 3. The van der Waals surface area contributed by atoms with Crippen LogP contribution in [0, 0.1) is 5.92 Å². The maximum absolute atomic E-state index is 10.6. The minimum Gasteiger partial charge on any atom is -0.475 e. The highest BCUT2D eigenvalue weighted by molar-refractivity contribution is 5.90. The largest absolute Gasteiger partial charge is 0.490 e. The number of carboxylic acid groups (broad SMARTS) is 1. The van der Waals surface area contributed by atoms with Crippen molar-refractivity contribution in [2.24, 2.45) is 5.92 Å². The number of H-pyrrole nitrogens is 1. The number of rotatable bonds is 4. The van der Waals surface area contributed by atoms with Gasteiger partial charge < -0.3 is 15.0 Å². The monoisotopic (exact) mass is 435 g/mol. The first kappa shape index (κ1) is 22.5. The van der Waals surface area contributed by atoms with Gasteiger partial charge in [0.15, 0.2) is 0 Å². The average molecular weight is 435 g/mol. The number of carbonyl (C=O) groups is 1. The van der Waals surface area contributed by atoms with Crippen LogP contribution in [0.1, 0.15) is 30.9 Å².